The number of nitrogens with zero attached hydrogens (tertiary/aromatic N) is 1. The molecule has 3 heteroatoms. The second-order valence-electron chi connectivity index (χ2n) is 7.32. The molecule has 0 radical (unpaired) electrons. The molecule has 2 fully saturated rings. The fourth-order valence-electron chi connectivity index (χ4n) is 3.81. The van der Waals surface area contributed by atoms with Gasteiger partial charge in [0.15, 0.2) is 0 Å². The van der Waals surface area contributed by atoms with Gasteiger partial charge in [-0.2, -0.15) is 0 Å². The van der Waals surface area contributed by atoms with Crippen LogP contribution < -0.4 is 5.32 Å². The zero-order valence-electron chi connectivity index (χ0n) is 13.4. The van der Waals surface area contributed by atoms with Crippen LogP contribution in [0.1, 0.15) is 56.2 Å². The molecule has 0 atom stereocenters. The summed E-state index contributed by atoms with van der Waals surface area (Å²) >= 11 is 1.89. The summed E-state index contributed by atoms with van der Waals surface area (Å²) in [5.41, 5.74) is 0.519. The summed E-state index contributed by atoms with van der Waals surface area (Å²) < 4.78 is 0. The van der Waals surface area contributed by atoms with Crippen molar-refractivity contribution in [2.45, 2.75) is 64.0 Å². The number of rotatable bonds is 7. The fourth-order valence-corrected chi connectivity index (χ4v) is 4.60. The highest BCUT2D eigenvalue weighted by molar-refractivity contribution is 7.09. The molecule has 2 nitrogen and oxygen atoms in total. The topological polar surface area (TPSA) is 15.3 Å². The van der Waals surface area contributed by atoms with Gasteiger partial charge in [0, 0.05) is 30.6 Å². The van der Waals surface area contributed by atoms with E-state index in [1.165, 1.54) is 69.3 Å². The smallest absolute Gasteiger partial charge is 0.0325 e. The molecule has 0 saturated heterocycles. The molecule has 1 heterocycles. The summed E-state index contributed by atoms with van der Waals surface area (Å²) in [5.74, 6) is 0. The number of hydrogen-bond acceptors (Lipinski definition) is 3. The van der Waals surface area contributed by atoms with E-state index in [4.69, 9.17) is 0 Å². The maximum absolute atomic E-state index is 3.84. The van der Waals surface area contributed by atoms with Gasteiger partial charge in [0.1, 0.15) is 0 Å². The standard InChI is InChI=1S/C18H30N2S/c1-20(13-17-7-6-12-21-17)15-18(14-19-16-8-9-16)10-4-2-3-5-11-18/h6-7,12,16,19H,2-5,8-11,13-15H2,1H3. The molecule has 1 aromatic heterocycles. The molecule has 0 unspecified atom stereocenters. The summed E-state index contributed by atoms with van der Waals surface area (Å²) in [6.07, 6.45) is 11.4. The van der Waals surface area contributed by atoms with Crippen molar-refractivity contribution in [3.05, 3.63) is 22.4 Å². The van der Waals surface area contributed by atoms with E-state index in [0.29, 0.717) is 5.41 Å². The van der Waals surface area contributed by atoms with E-state index in [0.717, 1.165) is 12.6 Å². The molecule has 1 aromatic rings. The Bertz CT molecular complexity index is 403. The average molecular weight is 307 g/mol. The number of nitrogens with one attached hydrogen (secondary N) is 1. The molecule has 0 bridgehead atoms. The van der Waals surface area contributed by atoms with Crippen molar-refractivity contribution in [3.8, 4) is 0 Å². The Morgan fingerprint density at radius 3 is 2.62 bits per heavy atom. The van der Waals surface area contributed by atoms with E-state index < -0.39 is 0 Å². The van der Waals surface area contributed by atoms with Gasteiger partial charge in [-0.1, -0.05) is 31.7 Å². The largest absolute Gasteiger partial charge is 0.313 e. The number of thiophene rings is 1. The highest BCUT2D eigenvalue weighted by Crippen LogP contribution is 2.36. The normalized spacial score (nSPS) is 22.4. The zero-order chi connectivity index (χ0) is 14.5. The average Bonchev–Trinajstić information content (AvgIpc) is 3.21. The fraction of sp³-hybridized carbons (Fsp3) is 0.778. The lowest BCUT2D eigenvalue weighted by atomic mass is 9.79. The Morgan fingerprint density at radius 1 is 1.24 bits per heavy atom. The van der Waals surface area contributed by atoms with Gasteiger partial charge in [0.05, 0.1) is 0 Å². The molecule has 1 N–H and O–H groups in total. The minimum absolute atomic E-state index is 0.519. The third-order valence-electron chi connectivity index (χ3n) is 5.12. The molecular formula is C18H30N2S. The van der Waals surface area contributed by atoms with Crippen LogP contribution in [0.25, 0.3) is 0 Å². The summed E-state index contributed by atoms with van der Waals surface area (Å²) in [7, 11) is 2.31. The van der Waals surface area contributed by atoms with Gasteiger partial charge >= 0.3 is 0 Å². The molecule has 3 rings (SSSR count). The summed E-state index contributed by atoms with van der Waals surface area (Å²) in [6, 6.07) is 5.28. The van der Waals surface area contributed by atoms with Crippen molar-refractivity contribution < 1.29 is 0 Å². The Labute approximate surface area is 133 Å². The van der Waals surface area contributed by atoms with Crippen molar-refractivity contribution >= 4 is 11.3 Å². The van der Waals surface area contributed by atoms with E-state index in [2.05, 4.69) is 34.8 Å². The third-order valence-corrected chi connectivity index (χ3v) is 5.98. The molecule has 2 aliphatic carbocycles. The van der Waals surface area contributed by atoms with Crippen LogP contribution in [0, 0.1) is 5.41 Å². The molecule has 0 aromatic carbocycles. The highest BCUT2D eigenvalue weighted by Gasteiger charge is 2.34. The minimum atomic E-state index is 0.519. The van der Waals surface area contributed by atoms with Gasteiger partial charge in [-0.15, -0.1) is 11.3 Å². The zero-order valence-corrected chi connectivity index (χ0v) is 14.3. The Kier molecular flexibility index (Phi) is 5.36. The van der Waals surface area contributed by atoms with E-state index in [1.807, 2.05) is 11.3 Å². The lowest BCUT2D eigenvalue weighted by Gasteiger charge is -2.37. The van der Waals surface area contributed by atoms with E-state index in [1.54, 1.807) is 0 Å². The van der Waals surface area contributed by atoms with Crippen molar-refractivity contribution in [3.63, 3.8) is 0 Å². The van der Waals surface area contributed by atoms with Crippen LogP contribution in [0.2, 0.25) is 0 Å². The second-order valence-corrected chi connectivity index (χ2v) is 8.35. The van der Waals surface area contributed by atoms with Gasteiger partial charge in [-0.3, -0.25) is 0 Å². The van der Waals surface area contributed by atoms with Crippen molar-refractivity contribution in [1.29, 1.82) is 0 Å². The second kappa shape index (κ2) is 7.26. The lowest BCUT2D eigenvalue weighted by molar-refractivity contribution is 0.142. The summed E-state index contributed by atoms with van der Waals surface area (Å²) in [6.45, 7) is 3.61. The van der Waals surface area contributed by atoms with E-state index >= 15 is 0 Å². The Hall–Kier alpha value is -0.380. The minimum Gasteiger partial charge on any atom is -0.313 e. The first-order valence-electron chi connectivity index (χ1n) is 8.70. The van der Waals surface area contributed by atoms with Crippen LogP contribution in [0.4, 0.5) is 0 Å². The van der Waals surface area contributed by atoms with E-state index in [9.17, 15) is 0 Å². The van der Waals surface area contributed by atoms with Crippen LogP contribution in [0.3, 0.4) is 0 Å². The molecule has 0 amide bonds. The summed E-state index contributed by atoms with van der Waals surface area (Å²) in [5, 5.41) is 6.03. The van der Waals surface area contributed by atoms with Crippen LogP contribution in [-0.2, 0) is 6.54 Å². The van der Waals surface area contributed by atoms with E-state index in [-0.39, 0.29) is 0 Å². The maximum atomic E-state index is 3.84. The predicted octanol–water partition coefficient (Wildman–Crippen LogP) is 4.27. The number of hydrogen-bond donors (Lipinski definition) is 1. The van der Waals surface area contributed by atoms with Crippen LogP contribution in [0.15, 0.2) is 17.5 Å². The highest BCUT2D eigenvalue weighted by atomic mass is 32.1. The SMILES string of the molecule is CN(Cc1cccs1)CC1(CNC2CC2)CCCCCC1. The van der Waals surface area contributed by atoms with Crippen molar-refractivity contribution in [2.24, 2.45) is 5.41 Å². The molecule has 0 aliphatic heterocycles. The summed E-state index contributed by atoms with van der Waals surface area (Å²) in [4.78, 5) is 4.06. The Balaban J connectivity index is 1.59. The quantitative estimate of drug-likeness (QED) is 0.757. The van der Waals surface area contributed by atoms with Crippen molar-refractivity contribution in [1.82, 2.24) is 10.2 Å². The lowest BCUT2D eigenvalue weighted by Crippen LogP contribution is -2.43. The molecule has 118 valence electrons. The molecular weight excluding hydrogens is 276 g/mol. The molecule has 2 saturated carbocycles. The first kappa shape index (κ1) is 15.5. The monoisotopic (exact) mass is 306 g/mol. The Morgan fingerprint density at radius 2 is 2.00 bits per heavy atom. The van der Waals surface area contributed by atoms with Gasteiger partial charge in [-0.25, -0.2) is 0 Å². The van der Waals surface area contributed by atoms with Crippen LogP contribution >= 0.6 is 11.3 Å². The molecule has 0 spiro atoms. The van der Waals surface area contributed by atoms with Gasteiger partial charge in [-0.05, 0) is 49.6 Å². The van der Waals surface area contributed by atoms with Crippen LogP contribution in [0.5, 0.6) is 0 Å². The molecule has 21 heavy (non-hydrogen) atoms. The molecule has 2 aliphatic rings. The van der Waals surface area contributed by atoms with Gasteiger partial charge in [0.25, 0.3) is 0 Å². The first-order valence-corrected chi connectivity index (χ1v) is 9.58. The van der Waals surface area contributed by atoms with Crippen molar-refractivity contribution in [2.75, 3.05) is 20.1 Å². The predicted molar refractivity (Wildman–Crippen MR) is 91.8 cm³/mol. The van der Waals surface area contributed by atoms with Crippen LogP contribution in [-0.4, -0.2) is 31.1 Å². The maximum Gasteiger partial charge on any atom is 0.0325 e. The first-order chi connectivity index (χ1) is 10.3. The third kappa shape index (κ3) is 4.80. The van der Waals surface area contributed by atoms with Gasteiger partial charge < -0.3 is 10.2 Å². The van der Waals surface area contributed by atoms with Gasteiger partial charge in [0.2, 0.25) is 0 Å².